The van der Waals surface area contributed by atoms with E-state index in [1.807, 2.05) is 0 Å². The average Bonchev–Trinajstić information content (AvgIpc) is 3.11. The smallest absolute Gasteiger partial charge is 0.259 e. The van der Waals surface area contributed by atoms with Crippen LogP contribution in [0.2, 0.25) is 5.02 Å². The number of aromatic amines is 1. The number of hydrogen-bond donors (Lipinski definition) is 3. The average molecular weight is 445 g/mol. The monoisotopic (exact) mass is 444 g/mol. The first-order chi connectivity index (χ1) is 14.5. The zero-order valence-corrected chi connectivity index (χ0v) is 17.8. The zero-order valence-electron chi connectivity index (χ0n) is 16.2. The van der Waals surface area contributed by atoms with Gasteiger partial charge in [-0.05, 0) is 48.9 Å². The summed E-state index contributed by atoms with van der Waals surface area (Å²) in [5, 5.41) is 1.30. The minimum absolute atomic E-state index is 0.0980. The second kappa shape index (κ2) is 8.97. The van der Waals surface area contributed by atoms with Crippen LogP contribution >= 0.6 is 22.9 Å². The summed E-state index contributed by atoms with van der Waals surface area (Å²) in [5.74, 6) is -0.204. The van der Waals surface area contributed by atoms with E-state index in [1.165, 1.54) is 4.88 Å². The van der Waals surface area contributed by atoms with Gasteiger partial charge >= 0.3 is 0 Å². The molecule has 0 fully saturated rings. The SMILES string of the molecule is O=C(CCc1nc2sc3c(c2c(=O)[nH]1)CCCC3)NNC(=O)Cc1ccc(Cl)cc1. The lowest BCUT2D eigenvalue weighted by Crippen LogP contribution is -2.42. The van der Waals surface area contributed by atoms with Crippen LogP contribution < -0.4 is 16.4 Å². The number of benzene rings is 1. The van der Waals surface area contributed by atoms with Crippen molar-refractivity contribution in [2.75, 3.05) is 0 Å². The van der Waals surface area contributed by atoms with E-state index in [1.54, 1.807) is 35.6 Å². The number of carbonyl (C=O) groups is 2. The Balaban J connectivity index is 1.31. The van der Waals surface area contributed by atoms with Crippen molar-refractivity contribution in [2.24, 2.45) is 0 Å². The molecule has 0 bridgehead atoms. The summed E-state index contributed by atoms with van der Waals surface area (Å²) in [6.07, 6.45) is 4.69. The molecule has 0 atom stereocenters. The van der Waals surface area contributed by atoms with Crippen molar-refractivity contribution in [1.82, 2.24) is 20.8 Å². The topological polar surface area (TPSA) is 104 Å². The summed E-state index contributed by atoms with van der Waals surface area (Å²) in [7, 11) is 0. The van der Waals surface area contributed by atoms with Gasteiger partial charge < -0.3 is 4.98 Å². The second-order valence-electron chi connectivity index (χ2n) is 7.30. The number of rotatable bonds is 5. The van der Waals surface area contributed by atoms with Crippen LogP contribution in [0, 0.1) is 0 Å². The number of amides is 2. The van der Waals surface area contributed by atoms with E-state index in [9.17, 15) is 14.4 Å². The molecule has 0 spiro atoms. The summed E-state index contributed by atoms with van der Waals surface area (Å²) < 4.78 is 0. The molecule has 2 aromatic heterocycles. The molecule has 9 heteroatoms. The molecule has 0 saturated heterocycles. The number of nitrogens with one attached hydrogen (secondary N) is 3. The summed E-state index contributed by atoms with van der Waals surface area (Å²) in [6, 6.07) is 6.92. The van der Waals surface area contributed by atoms with E-state index in [4.69, 9.17) is 11.6 Å². The molecule has 1 aliphatic rings. The van der Waals surface area contributed by atoms with Crippen LogP contribution in [0.15, 0.2) is 29.1 Å². The number of hydrazine groups is 1. The highest BCUT2D eigenvalue weighted by Crippen LogP contribution is 2.33. The normalized spacial score (nSPS) is 13.1. The van der Waals surface area contributed by atoms with Gasteiger partial charge in [-0.25, -0.2) is 4.98 Å². The standard InChI is InChI=1S/C21H21ClN4O3S/c22-13-7-5-12(6-8-13)11-18(28)26-25-17(27)10-9-16-23-20(29)19-14-3-1-2-4-15(14)30-21(19)24-16/h5-8H,1-4,9-11H2,(H,25,27)(H,26,28)(H,23,24,29). The lowest BCUT2D eigenvalue weighted by Gasteiger charge is -2.09. The molecule has 0 unspecified atom stereocenters. The number of hydrogen-bond acceptors (Lipinski definition) is 5. The quantitative estimate of drug-likeness (QED) is 0.526. The van der Waals surface area contributed by atoms with Crippen molar-refractivity contribution in [3.63, 3.8) is 0 Å². The van der Waals surface area contributed by atoms with Gasteiger partial charge in [0.1, 0.15) is 10.7 Å². The predicted octanol–water partition coefficient (Wildman–Crippen LogP) is 2.84. The van der Waals surface area contributed by atoms with Crippen molar-refractivity contribution in [2.45, 2.75) is 44.9 Å². The van der Waals surface area contributed by atoms with E-state index in [-0.39, 0.29) is 36.6 Å². The van der Waals surface area contributed by atoms with Gasteiger partial charge in [0.25, 0.3) is 5.56 Å². The first-order valence-electron chi connectivity index (χ1n) is 9.85. The Bertz CT molecular complexity index is 1150. The van der Waals surface area contributed by atoms with Crippen LogP contribution in [-0.4, -0.2) is 21.8 Å². The van der Waals surface area contributed by atoms with Gasteiger partial charge in [0, 0.05) is 22.7 Å². The number of H-pyrrole nitrogens is 1. The Hall–Kier alpha value is -2.71. The lowest BCUT2D eigenvalue weighted by atomic mass is 9.97. The molecule has 0 radical (unpaired) electrons. The zero-order chi connectivity index (χ0) is 21.1. The molecule has 7 nitrogen and oxygen atoms in total. The first-order valence-corrected chi connectivity index (χ1v) is 11.0. The summed E-state index contributed by atoms with van der Waals surface area (Å²) in [5.41, 5.74) is 6.59. The molecular formula is C21H21ClN4O3S. The van der Waals surface area contributed by atoms with Crippen LogP contribution in [0.25, 0.3) is 10.2 Å². The van der Waals surface area contributed by atoms with E-state index >= 15 is 0 Å². The summed E-state index contributed by atoms with van der Waals surface area (Å²) >= 11 is 7.40. The molecule has 1 aliphatic carbocycles. The van der Waals surface area contributed by atoms with Gasteiger partial charge in [0.2, 0.25) is 11.8 Å². The molecular weight excluding hydrogens is 424 g/mol. The minimum Gasteiger partial charge on any atom is -0.310 e. The Morgan fingerprint density at radius 2 is 1.83 bits per heavy atom. The van der Waals surface area contributed by atoms with Crippen LogP contribution in [-0.2, 0) is 35.3 Å². The maximum absolute atomic E-state index is 12.5. The van der Waals surface area contributed by atoms with Crippen LogP contribution in [0.5, 0.6) is 0 Å². The maximum Gasteiger partial charge on any atom is 0.259 e. The van der Waals surface area contributed by atoms with Gasteiger partial charge in [0.15, 0.2) is 0 Å². The molecule has 30 heavy (non-hydrogen) atoms. The number of aryl methyl sites for hydroxylation is 3. The number of thiophene rings is 1. The molecule has 3 N–H and O–H groups in total. The van der Waals surface area contributed by atoms with E-state index in [0.717, 1.165) is 41.6 Å². The van der Waals surface area contributed by atoms with Crippen LogP contribution in [0.3, 0.4) is 0 Å². The van der Waals surface area contributed by atoms with Gasteiger partial charge in [-0.3, -0.25) is 25.2 Å². The Kier molecular flexibility index (Phi) is 6.15. The fourth-order valence-electron chi connectivity index (χ4n) is 3.59. The fourth-order valence-corrected chi connectivity index (χ4v) is 5.00. The maximum atomic E-state index is 12.5. The number of aromatic nitrogens is 2. The molecule has 4 rings (SSSR count). The molecule has 3 aromatic rings. The van der Waals surface area contributed by atoms with E-state index < -0.39 is 0 Å². The lowest BCUT2D eigenvalue weighted by molar-refractivity contribution is -0.128. The van der Waals surface area contributed by atoms with Crippen molar-refractivity contribution in [1.29, 1.82) is 0 Å². The largest absolute Gasteiger partial charge is 0.310 e. The first kappa shape index (κ1) is 20.6. The Morgan fingerprint density at radius 1 is 1.10 bits per heavy atom. The molecule has 2 heterocycles. The van der Waals surface area contributed by atoms with Gasteiger partial charge in [0.05, 0.1) is 11.8 Å². The Morgan fingerprint density at radius 3 is 2.63 bits per heavy atom. The number of fused-ring (bicyclic) bond motifs is 3. The number of nitrogens with zero attached hydrogens (tertiary/aromatic N) is 1. The molecule has 1 aromatic carbocycles. The highest BCUT2D eigenvalue weighted by Gasteiger charge is 2.20. The highest BCUT2D eigenvalue weighted by atomic mass is 35.5. The second-order valence-corrected chi connectivity index (χ2v) is 8.82. The van der Waals surface area contributed by atoms with Crippen molar-refractivity contribution in [3.8, 4) is 0 Å². The molecule has 0 aliphatic heterocycles. The summed E-state index contributed by atoms with van der Waals surface area (Å²) in [4.78, 5) is 45.9. The molecule has 0 saturated carbocycles. The third-order valence-electron chi connectivity index (χ3n) is 5.08. The van der Waals surface area contributed by atoms with E-state index in [2.05, 4.69) is 20.8 Å². The fraction of sp³-hybridized carbons (Fsp3) is 0.333. The van der Waals surface area contributed by atoms with Gasteiger partial charge in [-0.15, -0.1) is 11.3 Å². The van der Waals surface area contributed by atoms with Crippen LogP contribution in [0.4, 0.5) is 0 Å². The van der Waals surface area contributed by atoms with Crippen molar-refractivity contribution in [3.05, 3.63) is 61.5 Å². The minimum atomic E-state index is -0.354. The third-order valence-corrected chi connectivity index (χ3v) is 6.52. The van der Waals surface area contributed by atoms with Crippen molar-refractivity contribution < 1.29 is 9.59 Å². The highest BCUT2D eigenvalue weighted by molar-refractivity contribution is 7.18. The summed E-state index contributed by atoms with van der Waals surface area (Å²) in [6.45, 7) is 0. The molecule has 2 amide bonds. The third kappa shape index (κ3) is 4.71. The Labute approximate surface area is 181 Å². The van der Waals surface area contributed by atoms with Crippen LogP contribution in [0.1, 0.15) is 41.1 Å². The molecule has 156 valence electrons. The van der Waals surface area contributed by atoms with E-state index in [0.29, 0.717) is 16.2 Å². The number of halogens is 1. The van der Waals surface area contributed by atoms with Crippen molar-refractivity contribution >= 4 is 45.0 Å². The predicted molar refractivity (Wildman–Crippen MR) is 117 cm³/mol. The number of carbonyl (C=O) groups excluding carboxylic acids is 2. The van der Waals surface area contributed by atoms with Gasteiger partial charge in [-0.1, -0.05) is 23.7 Å². The van der Waals surface area contributed by atoms with Gasteiger partial charge in [-0.2, -0.15) is 0 Å².